The Morgan fingerprint density at radius 1 is 1.27 bits per heavy atom. The summed E-state index contributed by atoms with van der Waals surface area (Å²) in [6, 6.07) is 7.87. The molecular formula is C19H22N4O3. The SMILES string of the molecule is C[C@@]1(C2CCCCC2)NC(=O)N(CC(=O)Nc2ccc(C#N)cc2)C1=O. The van der Waals surface area contributed by atoms with E-state index in [0.29, 0.717) is 11.3 Å². The van der Waals surface area contributed by atoms with Gasteiger partial charge in [0.25, 0.3) is 5.91 Å². The van der Waals surface area contributed by atoms with Gasteiger partial charge >= 0.3 is 6.03 Å². The van der Waals surface area contributed by atoms with Crippen LogP contribution in [0.15, 0.2) is 24.3 Å². The van der Waals surface area contributed by atoms with Gasteiger partial charge in [-0.25, -0.2) is 4.79 Å². The molecule has 0 unspecified atom stereocenters. The number of benzene rings is 1. The Morgan fingerprint density at radius 2 is 1.92 bits per heavy atom. The molecule has 3 rings (SSSR count). The van der Waals surface area contributed by atoms with Gasteiger partial charge in [0, 0.05) is 5.69 Å². The summed E-state index contributed by atoms with van der Waals surface area (Å²) in [6.45, 7) is 1.44. The van der Waals surface area contributed by atoms with Crippen LogP contribution in [0.2, 0.25) is 0 Å². The third-order valence-electron chi connectivity index (χ3n) is 5.32. The molecule has 7 heteroatoms. The summed E-state index contributed by atoms with van der Waals surface area (Å²) in [5, 5.41) is 14.2. The van der Waals surface area contributed by atoms with Crippen molar-refractivity contribution in [3.63, 3.8) is 0 Å². The van der Waals surface area contributed by atoms with Crippen LogP contribution in [0.3, 0.4) is 0 Å². The molecule has 2 aliphatic rings. The molecule has 1 saturated heterocycles. The first-order valence-electron chi connectivity index (χ1n) is 8.88. The first-order valence-corrected chi connectivity index (χ1v) is 8.88. The van der Waals surface area contributed by atoms with Gasteiger partial charge in [0.15, 0.2) is 0 Å². The van der Waals surface area contributed by atoms with Gasteiger partial charge in [-0.2, -0.15) is 5.26 Å². The van der Waals surface area contributed by atoms with Crippen molar-refractivity contribution < 1.29 is 14.4 Å². The lowest BCUT2D eigenvalue weighted by Crippen LogP contribution is -2.51. The van der Waals surface area contributed by atoms with Gasteiger partial charge in [-0.05, 0) is 49.9 Å². The van der Waals surface area contributed by atoms with Crippen molar-refractivity contribution in [1.29, 1.82) is 5.26 Å². The molecule has 1 atom stereocenters. The number of anilines is 1. The molecule has 1 aliphatic carbocycles. The highest BCUT2D eigenvalue weighted by Gasteiger charge is 2.52. The smallest absolute Gasteiger partial charge is 0.325 e. The molecule has 0 aromatic heterocycles. The predicted molar refractivity (Wildman–Crippen MR) is 95.0 cm³/mol. The van der Waals surface area contributed by atoms with Crippen molar-refractivity contribution in [2.75, 3.05) is 11.9 Å². The van der Waals surface area contributed by atoms with Crippen LogP contribution in [-0.4, -0.2) is 34.8 Å². The molecule has 2 fully saturated rings. The van der Waals surface area contributed by atoms with Gasteiger partial charge in [-0.3, -0.25) is 14.5 Å². The third-order valence-corrected chi connectivity index (χ3v) is 5.32. The van der Waals surface area contributed by atoms with Crippen LogP contribution in [0.5, 0.6) is 0 Å². The van der Waals surface area contributed by atoms with E-state index in [0.717, 1.165) is 37.0 Å². The van der Waals surface area contributed by atoms with Crippen molar-refractivity contribution in [2.45, 2.75) is 44.6 Å². The molecule has 0 radical (unpaired) electrons. The number of nitrogens with zero attached hydrogens (tertiary/aromatic N) is 2. The van der Waals surface area contributed by atoms with E-state index < -0.39 is 17.5 Å². The van der Waals surface area contributed by atoms with E-state index in [1.807, 2.05) is 6.07 Å². The molecule has 1 aromatic rings. The van der Waals surface area contributed by atoms with Gasteiger partial charge in [0.05, 0.1) is 11.6 Å². The number of hydrogen-bond donors (Lipinski definition) is 2. The number of imide groups is 1. The highest BCUT2D eigenvalue weighted by Crippen LogP contribution is 2.36. The van der Waals surface area contributed by atoms with Crippen LogP contribution >= 0.6 is 0 Å². The summed E-state index contributed by atoms with van der Waals surface area (Å²) in [7, 11) is 0. The van der Waals surface area contributed by atoms with E-state index >= 15 is 0 Å². The topological polar surface area (TPSA) is 102 Å². The van der Waals surface area contributed by atoms with Crippen LogP contribution in [0.25, 0.3) is 0 Å². The van der Waals surface area contributed by atoms with Gasteiger partial charge in [0.2, 0.25) is 5.91 Å². The number of hydrogen-bond acceptors (Lipinski definition) is 4. The van der Waals surface area contributed by atoms with Gasteiger partial charge in [-0.1, -0.05) is 19.3 Å². The quantitative estimate of drug-likeness (QED) is 0.810. The van der Waals surface area contributed by atoms with E-state index in [-0.39, 0.29) is 18.4 Å². The lowest BCUT2D eigenvalue weighted by Gasteiger charge is -2.34. The van der Waals surface area contributed by atoms with Crippen molar-refractivity contribution >= 4 is 23.5 Å². The Labute approximate surface area is 152 Å². The molecule has 1 saturated carbocycles. The number of rotatable bonds is 4. The number of urea groups is 1. The molecule has 1 aromatic carbocycles. The minimum absolute atomic E-state index is 0.110. The van der Waals surface area contributed by atoms with Gasteiger partial charge < -0.3 is 10.6 Å². The molecule has 1 heterocycles. The summed E-state index contributed by atoms with van der Waals surface area (Å²) in [6.07, 6.45) is 5.10. The van der Waals surface area contributed by atoms with E-state index in [2.05, 4.69) is 10.6 Å². The van der Waals surface area contributed by atoms with Crippen molar-refractivity contribution in [3.8, 4) is 6.07 Å². The summed E-state index contributed by atoms with van der Waals surface area (Å²) >= 11 is 0. The summed E-state index contributed by atoms with van der Waals surface area (Å²) in [4.78, 5) is 38.4. The second-order valence-corrected chi connectivity index (χ2v) is 7.10. The lowest BCUT2D eigenvalue weighted by molar-refractivity contribution is -0.135. The average molecular weight is 354 g/mol. The van der Waals surface area contributed by atoms with Crippen LogP contribution in [0, 0.1) is 17.2 Å². The Balaban J connectivity index is 1.65. The standard InChI is InChI=1S/C19H22N4O3/c1-19(14-5-3-2-4-6-14)17(25)23(18(26)22-19)12-16(24)21-15-9-7-13(11-20)8-10-15/h7-10,14H,2-6,12H2,1H3,(H,21,24)(H,22,26)/t19-/m0/s1. The minimum Gasteiger partial charge on any atom is -0.325 e. The van der Waals surface area contributed by atoms with Crippen LogP contribution < -0.4 is 10.6 Å². The van der Waals surface area contributed by atoms with E-state index in [4.69, 9.17) is 5.26 Å². The maximum atomic E-state index is 12.8. The maximum absolute atomic E-state index is 12.8. The fraction of sp³-hybridized carbons (Fsp3) is 0.474. The van der Waals surface area contributed by atoms with Gasteiger partial charge in [-0.15, -0.1) is 0 Å². The summed E-state index contributed by atoms with van der Waals surface area (Å²) in [5.41, 5.74) is 0.0723. The van der Waals surface area contributed by atoms with E-state index in [1.165, 1.54) is 0 Å². The fourth-order valence-electron chi connectivity index (χ4n) is 3.79. The van der Waals surface area contributed by atoms with Crippen LogP contribution in [0.4, 0.5) is 10.5 Å². The lowest BCUT2D eigenvalue weighted by atomic mass is 9.75. The zero-order chi connectivity index (χ0) is 18.7. The number of nitriles is 1. The predicted octanol–water partition coefficient (Wildman–Crippen LogP) is 2.39. The van der Waals surface area contributed by atoms with Crippen molar-refractivity contribution in [1.82, 2.24) is 10.2 Å². The number of carbonyl (C=O) groups is 3. The number of carbonyl (C=O) groups excluding carboxylic acids is 3. The second kappa shape index (κ2) is 7.16. The monoisotopic (exact) mass is 354 g/mol. The Hall–Kier alpha value is -2.88. The molecule has 26 heavy (non-hydrogen) atoms. The highest BCUT2D eigenvalue weighted by molar-refractivity contribution is 6.10. The Bertz CT molecular complexity index is 762. The highest BCUT2D eigenvalue weighted by atomic mass is 16.2. The molecule has 4 amide bonds. The molecule has 0 bridgehead atoms. The zero-order valence-electron chi connectivity index (χ0n) is 14.7. The molecule has 2 N–H and O–H groups in total. The van der Waals surface area contributed by atoms with E-state index in [9.17, 15) is 14.4 Å². The van der Waals surface area contributed by atoms with E-state index in [1.54, 1.807) is 31.2 Å². The van der Waals surface area contributed by atoms with Crippen LogP contribution in [-0.2, 0) is 9.59 Å². The van der Waals surface area contributed by atoms with Crippen molar-refractivity contribution in [2.24, 2.45) is 5.92 Å². The number of nitrogens with one attached hydrogen (secondary N) is 2. The first kappa shape index (κ1) is 17.9. The average Bonchev–Trinajstić information content (AvgIpc) is 2.87. The first-order chi connectivity index (χ1) is 12.4. The normalized spacial score (nSPS) is 23.5. The molecular weight excluding hydrogens is 332 g/mol. The van der Waals surface area contributed by atoms with Crippen LogP contribution in [0.1, 0.15) is 44.6 Å². The molecule has 1 aliphatic heterocycles. The molecule has 136 valence electrons. The van der Waals surface area contributed by atoms with Crippen molar-refractivity contribution in [3.05, 3.63) is 29.8 Å². The minimum atomic E-state index is -0.924. The molecule has 0 spiro atoms. The Morgan fingerprint density at radius 3 is 2.54 bits per heavy atom. The zero-order valence-corrected chi connectivity index (χ0v) is 14.7. The second-order valence-electron chi connectivity index (χ2n) is 7.10. The summed E-state index contributed by atoms with van der Waals surface area (Å²) in [5.74, 6) is -0.672. The third kappa shape index (κ3) is 3.40. The Kier molecular flexibility index (Phi) is 4.94. The largest absolute Gasteiger partial charge is 0.325 e. The number of amides is 4. The summed E-state index contributed by atoms with van der Waals surface area (Å²) < 4.78 is 0. The van der Waals surface area contributed by atoms with Gasteiger partial charge in [0.1, 0.15) is 12.1 Å². The molecule has 7 nitrogen and oxygen atoms in total. The fourth-order valence-corrected chi connectivity index (χ4v) is 3.79. The maximum Gasteiger partial charge on any atom is 0.325 e.